The van der Waals surface area contributed by atoms with Gasteiger partial charge in [-0.25, -0.2) is 0 Å². The van der Waals surface area contributed by atoms with E-state index in [0.29, 0.717) is 0 Å². The van der Waals surface area contributed by atoms with E-state index in [1.54, 1.807) is 0 Å². The lowest BCUT2D eigenvalue weighted by molar-refractivity contribution is -0.326. The molecule has 0 aromatic heterocycles. The Morgan fingerprint density at radius 2 is 1.54 bits per heavy atom. The normalized spacial score (nSPS) is 34.2. The van der Waals surface area contributed by atoms with E-state index in [9.17, 15) is 14.7 Å². The van der Waals surface area contributed by atoms with Crippen LogP contribution in [0.2, 0.25) is 0 Å². The molecule has 0 aromatic rings. The zero-order chi connectivity index (χ0) is 27.8. The molecule has 3 unspecified atom stereocenters. The molecule has 9 atom stereocenters. The Morgan fingerprint density at radius 3 is 2.05 bits per heavy atom. The van der Waals surface area contributed by atoms with Crippen molar-refractivity contribution in [2.24, 2.45) is 20.5 Å². The number of rotatable bonds is 9. The Bertz CT molecular complexity index is 1070. The predicted molar refractivity (Wildman–Crippen MR) is 113 cm³/mol. The summed E-state index contributed by atoms with van der Waals surface area (Å²) in [7, 11) is 0. The van der Waals surface area contributed by atoms with Gasteiger partial charge in [-0.15, -0.1) is 0 Å². The van der Waals surface area contributed by atoms with Crippen LogP contribution in [-0.2, 0) is 28.5 Å². The summed E-state index contributed by atoms with van der Waals surface area (Å²) in [6.45, 7) is 0.856. The third kappa shape index (κ3) is 6.78. The molecule has 2 rings (SSSR count). The molecule has 2 fully saturated rings. The fraction of sp³-hybridized carbons (Fsp3) is 0.875. The molecule has 37 heavy (non-hydrogen) atoms. The predicted octanol–water partition coefficient (Wildman–Crippen LogP) is 2.71. The SMILES string of the molecule is CC(=O)O[C@@H]1C(N=[N+]=[N-])[C@@H](O[C@@H]2C(N=[N+]=[N-])CC(N=[N+]=[N-])[C@H](OC(C)=O)[C@H]2O)O[C@H](CN=[N+]=[N-])C1(F)F. The Kier molecular flexibility index (Phi) is 10.0. The van der Waals surface area contributed by atoms with Crippen LogP contribution >= 0.6 is 0 Å². The van der Waals surface area contributed by atoms with Crippen molar-refractivity contribution in [2.75, 3.05) is 6.54 Å². The van der Waals surface area contributed by atoms with Crippen molar-refractivity contribution in [1.82, 2.24) is 0 Å². The molecule has 0 bridgehead atoms. The van der Waals surface area contributed by atoms with Crippen molar-refractivity contribution < 1.29 is 42.4 Å². The van der Waals surface area contributed by atoms with Crippen molar-refractivity contribution in [3.05, 3.63) is 41.8 Å². The maximum absolute atomic E-state index is 15.1. The van der Waals surface area contributed by atoms with E-state index in [2.05, 4.69) is 40.1 Å². The fourth-order valence-corrected chi connectivity index (χ4v) is 3.96. The van der Waals surface area contributed by atoms with Gasteiger partial charge in [-0.2, -0.15) is 8.78 Å². The molecule has 1 aliphatic carbocycles. The Labute approximate surface area is 205 Å². The third-order valence-corrected chi connectivity index (χ3v) is 5.39. The van der Waals surface area contributed by atoms with Crippen molar-refractivity contribution in [2.45, 2.75) is 81.1 Å². The fourth-order valence-electron chi connectivity index (χ4n) is 3.96. The number of hydrogen-bond acceptors (Lipinski definition) is 11. The van der Waals surface area contributed by atoms with E-state index in [4.69, 9.17) is 41.1 Å². The molecule has 0 spiro atoms. The van der Waals surface area contributed by atoms with E-state index in [1.807, 2.05) is 0 Å². The summed E-state index contributed by atoms with van der Waals surface area (Å²) in [6, 6.07) is -4.59. The number of hydrogen-bond donors (Lipinski definition) is 1. The molecule has 0 amide bonds. The summed E-state index contributed by atoms with van der Waals surface area (Å²) in [5, 5.41) is 24.1. The number of aliphatic hydroxyl groups is 1. The first-order valence-corrected chi connectivity index (χ1v) is 10.4. The van der Waals surface area contributed by atoms with Crippen molar-refractivity contribution in [3.63, 3.8) is 0 Å². The second-order valence-electron chi connectivity index (χ2n) is 7.75. The average Bonchev–Trinajstić information content (AvgIpc) is 2.81. The van der Waals surface area contributed by atoms with Gasteiger partial charge in [0.05, 0.1) is 24.7 Å². The van der Waals surface area contributed by atoms with Gasteiger partial charge in [-0.1, -0.05) is 20.5 Å². The highest BCUT2D eigenvalue weighted by atomic mass is 19.3. The smallest absolute Gasteiger partial charge is 0.310 e. The number of carbonyl (C=O) groups excluding carboxylic acids is 2. The zero-order valence-corrected chi connectivity index (χ0v) is 19.1. The average molecular weight is 530 g/mol. The Balaban J connectivity index is 2.54. The molecular weight excluding hydrogens is 510 g/mol. The summed E-state index contributed by atoms with van der Waals surface area (Å²) in [5.74, 6) is -6.10. The molecule has 19 nitrogen and oxygen atoms in total. The van der Waals surface area contributed by atoms with Crippen LogP contribution in [0.5, 0.6) is 0 Å². The minimum absolute atomic E-state index is 0.321. The van der Waals surface area contributed by atoms with Gasteiger partial charge >= 0.3 is 17.9 Å². The van der Waals surface area contributed by atoms with Crippen LogP contribution in [0.3, 0.4) is 0 Å². The molecule has 2 aliphatic rings. The van der Waals surface area contributed by atoms with Crippen LogP contribution in [0.25, 0.3) is 41.8 Å². The topological polar surface area (TPSA) is 286 Å². The molecule has 0 aromatic carbocycles. The third-order valence-electron chi connectivity index (χ3n) is 5.39. The van der Waals surface area contributed by atoms with Crippen LogP contribution in [-0.4, -0.2) is 84.4 Å². The summed E-state index contributed by atoms with van der Waals surface area (Å²) < 4.78 is 50.8. The zero-order valence-electron chi connectivity index (χ0n) is 19.1. The first-order chi connectivity index (χ1) is 17.5. The van der Waals surface area contributed by atoms with E-state index >= 15 is 8.78 Å². The lowest BCUT2D eigenvalue weighted by Gasteiger charge is -2.47. The number of alkyl halides is 2. The van der Waals surface area contributed by atoms with Gasteiger partial charge in [0.15, 0.2) is 12.4 Å². The number of carbonyl (C=O) groups is 2. The second kappa shape index (κ2) is 12.8. The Hall–Kier alpha value is -4.08. The molecule has 1 saturated carbocycles. The molecule has 200 valence electrons. The summed E-state index contributed by atoms with van der Waals surface area (Å²) in [6.07, 6.45) is -12.1. The first-order valence-electron chi connectivity index (χ1n) is 10.4. The molecular formula is C16H20F2N12O7. The van der Waals surface area contributed by atoms with Crippen LogP contribution in [0, 0.1) is 0 Å². The van der Waals surface area contributed by atoms with Gasteiger partial charge in [0, 0.05) is 33.5 Å². The lowest BCUT2D eigenvalue weighted by atomic mass is 9.84. The number of nitrogens with zero attached hydrogens (tertiary/aromatic N) is 12. The number of esters is 2. The quantitative estimate of drug-likeness (QED) is 0.201. The number of aliphatic hydroxyl groups excluding tert-OH is 1. The van der Waals surface area contributed by atoms with Gasteiger partial charge in [0.25, 0.3) is 0 Å². The van der Waals surface area contributed by atoms with E-state index < -0.39 is 79.3 Å². The van der Waals surface area contributed by atoms with Gasteiger partial charge < -0.3 is 24.1 Å². The van der Waals surface area contributed by atoms with Gasteiger partial charge in [0.1, 0.15) is 24.4 Å². The maximum Gasteiger partial charge on any atom is 0.310 e. The number of azide groups is 4. The lowest BCUT2D eigenvalue weighted by Crippen LogP contribution is -2.65. The van der Waals surface area contributed by atoms with Crippen LogP contribution in [0.1, 0.15) is 20.3 Å². The van der Waals surface area contributed by atoms with Crippen LogP contribution in [0.15, 0.2) is 20.5 Å². The molecule has 1 aliphatic heterocycles. The standard InChI is InChI=1S/C16H20F2N12O7/c1-5(31)34-12-7(24-28-20)3-8(25-29-21)13(11(12)33)37-15-10(26-30-22)14(35-6(2)32)16(17,18)9(36-15)4-23-27-19/h7-15,33H,3-4H2,1-2H3/t7?,8?,9-,10?,11-,12+,13-,14-,15-/m1/s1. The van der Waals surface area contributed by atoms with Gasteiger partial charge in [-0.05, 0) is 28.5 Å². The number of ether oxygens (including phenoxy) is 4. The second-order valence-corrected chi connectivity index (χ2v) is 7.75. The maximum atomic E-state index is 15.1. The highest BCUT2D eigenvalue weighted by Crippen LogP contribution is 2.41. The summed E-state index contributed by atoms with van der Waals surface area (Å²) in [4.78, 5) is 33.2. The highest BCUT2D eigenvalue weighted by Gasteiger charge is 2.61. The minimum Gasteiger partial charge on any atom is -0.459 e. The van der Waals surface area contributed by atoms with E-state index in [0.717, 1.165) is 13.8 Å². The van der Waals surface area contributed by atoms with Gasteiger partial charge in [0.2, 0.25) is 0 Å². The van der Waals surface area contributed by atoms with E-state index in [1.165, 1.54) is 0 Å². The Morgan fingerprint density at radius 1 is 0.973 bits per heavy atom. The van der Waals surface area contributed by atoms with Crippen LogP contribution < -0.4 is 0 Å². The molecule has 0 radical (unpaired) electrons. The minimum atomic E-state index is -4.04. The molecule has 1 heterocycles. The molecule has 1 N–H and O–H groups in total. The summed E-state index contributed by atoms with van der Waals surface area (Å²) >= 11 is 0. The molecule has 1 saturated heterocycles. The monoisotopic (exact) mass is 530 g/mol. The van der Waals surface area contributed by atoms with Crippen LogP contribution in [0.4, 0.5) is 8.78 Å². The van der Waals surface area contributed by atoms with Crippen molar-refractivity contribution in [1.29, 1.82) is 0 Å². The largest absolute Gasteiger partial charge is 0.459 e. The number of halogens is 2. The van der Waals surface area contributed by atoms with Crippen molar-refractivity contribution in [3.8, 4) is 0 Å². The summed E-state index contributed by atoms with van der Waals surface area (Å²) in [5.41, 5.74) is 35.3. The van der Waals surface area contributed by atoms with E-state index in [-0.39, 0.29) is 6.42 Å². The first kappa shape index (κ1) is 29.2. The highest BCUT2D eigenvalue weighted by molar-refractivity contribution is 5.66. The van der Waals surface area contributed by atoms with Gasteiger partial charge in [-0.3, -0.25) is 9.59 Å². The molecule has 21 heteroatoms. The van der Waals surface area contributed by atoms with Crippen molar-refractivity contribution >= 4 is 11.9 Å².